The number of nitrogens with zero attached hydrogens (tertiary/aromatic N) is 2. The van der Waals surface area contributed by atoms with Gasteiger partial charge in [-0.3, -0.25) is 0 Å². The Kier molecular flexibility index (Phi) is 6.37. The Bertz CT molecular complexity index is 1210. The second kappa shape index (κ2) is 9.40. The van der Waals surface area contributed by atoms with Gasteiger partial charge in [-0.05, 0) is 35.4 Å². The molecule has 1 aliphatic rings. The lowest BCUT2D eigenvalue weighted by Crippen LogP contribution is -2.48. The molecule has 3 aromatic rings. The normalized spacial score (nSPS) is 17.2. The van der Waals surface area contributed by atoms with Crippen molar-refractivity contribution in [3.63, 3.8) is 0 Å². The molecule has 0 unspecified atom stereocenters. The van der Waals surface area contributed by atoms with Crippen molar-refractivity contribution in [2.45, 2.75) is 44.2 Å². The van der Waals surface area contributed by atoms with Crippen LogP contribution in [0.25, 0.3) is 0 Å². The number of amides is 1. The van der Waals surface area contributed by atoms with Gasteiger partial charge in [0.25, 0.3) is 0 Å². The molecule has 0 spiro atoms. The number of carboxylic acid groups (broad SMARTS) is 1. The van der Waals surface area contributed by atoms with Gasteiger partial charge < -0.3 is 19.9 Å². The van der Waals surface area contributed by atoms with Gasteiger partial charge in [-0.15, -0.1) is 0 Å². The fourth-order valence-electron chi connectivity index (χ4n) is 3.90. The van der Waals surface area contributed by atoms with Crippen LogP contribution in [-0.2, 0) is 5.41 Å². The Morgan fingerprint density at radius 3 is 2.21 bits per heavy atom. The van der Waals surface area contributed by atoms with Gasteiger partial charge in [-0.1, -0.05) is 38.1 Å². The van der Waals surface area contributed by atoms with E-state index in [4.69, 9.17) is 19.8 Å². The zero-order chi connectivity index (χ0) is 24.3. The summed E-state index contributed by atoms with van der Waals surface area (Å²) in [5.41, 5.74) is 1.62. The predicted molar refractivity (Wildman–Crippen MR) is 123 cm³/mol. The average molecular weight is 461 g/mol. The van der Waals surface area contributed by atoms with Gasteiger partial charge in [-0.25, -0.2) is 14.2 Å². The molecule has 2 aromatic carbocycles. The molecule has 1 amide bonds. The van der Waals surface area contributed by atoms with Gasteiger partial charge >= 0.3 is 6.09 Å². The summed E-state index contributed by atoms with van der Waals surface area (Å²) in [5, 5.41) is 20.0. The summed E-state index contributed by atoms with van der Waals surface area (Å²) in [5.74, 6) is 0.783. The number of aromatic nitrogens is 1. The number of ether oxygens (including phenoxy) is 2. The van der Waals surface area contributed by atoms with E-state index in [1.165, 1.54) is 6.20 Å². The first-order valence-corrected chi connectivity index (χ1v) is 10.9. The van der Waals surface area contributed by atoms with E-state index in [9.17, 15) is 9.18 Å². The molecular formula is C26H24FN3O4. The van der Waals surface area contributed by atoms with Crippen molar-refractivity contribution in [1.29, 1.82) is 5.26 Å². The van der Waals surface area contributed by atoms with Gasteiger partial charge in [0.1, 0.15) is 29.4 Å². The summed E-state index contributed by atoms with van der Waals surface area (Å²) >= 11 is 0. The highest BCUT2D eigenvalue weighted by Crippen LogP contribution is 2.35. The van der Waals surface area contributed by atoms with Crippen molar-refractivity contribution in [2.75, 3.05) is 0 Å². The Morgan fingerprint density at radius 1 is 1.09 bits per heavy atom. The molecule has 1 fully saturated rings. The number of rotatable bonds is 7. The lowest BCUT2D eigenvalue weighted by Gasteiger charge is -2.35. The SMILES string of the molecule is CC(C)(c1ccc(Oc2cnc(C#N)c(F)c2)cc1)c1ccc(OC2CC(NC(=O)O)C2)cc1. The zero-order valence-electron chi connectivity index (χ0n) is 18.8. The minimum Gasteiger partial charge on any atom is -0.490 e. The van der Waals surface area contributed by atoms with E-state index in [0.717, 1.165) is 22.9 Å². The third-order valence-corrected chi connectivity index (χ3v) is 6.03. The smallest absolute Gasteiger partial charge is 0.404 e. The maximum absolute atomic E-state index is 13.7. The number of halogens is 1. The summed E-state index contributed by atoms with van der Waals surface area (Å²) < 4.78 is 25.3. The van der Waals surface area contributed by atoms with Crippen LogP contribution >= 0.6 is 0 Å². The predicted octanol–water partition coefficient (Wildman–Crippen LogP) is 5.39. The third-order valence-electron chi connectivity index (χ3n) is 6.03. The van der Waals surface area contributed by atoms with E-state index in [2.05, 4.69) is 24.1 Å². The largest absolute Gasteiger partial charge is 0.490 e. The Labute approximate surface area is 196 Å². The molecule has 174 valence electrons. The zero-order valence-corrected chi connectivity index (χ0v) is 18.8. The number of nitrogens with one attached hydrogen (secondary N) is 1. The van der Waals surface area contributed by atoms with Crippen LogP contribution in [0.4, 0.5) is 9.18 Å². The van der Waals surface area contributed by atoms with Crippen molar-refractivity contribution in [1.82, 2.24) is 10.3 Å². The maximum Gasteiger partial charge on any atom is 0.404 e. The van der Waals surface area contributed by atoms with Crippen LogP contribution in [-0.4, -0.2) is 28.3 Å². The molecule has 1 heterocycles. The Morgan fingerprint density at radius 2 is 1.68 bits per heavy atom. The lowest BCUT2D eigenvalue weighted by atomic mass is 9.78. The van der Waals surface area contributed by atoms with Crippen LogP contribution in [0, 0.1) is 17.1 Å². The molecule has 0 aliphatic heterocycles. The minimum atomic E-state index is -1.00. The molecule has 1 aromatic heterocycles. The topological polar surface area (TPSA) is 104 Å². The first-order chi connectivity index (χ1) is 16.2. The first kappa shape index (κ1) is 23.1. The highest BCUT2D eigenvalue weighted by molar-refractivity contribution is 5.65. The van der Waals surface area contributed by atoms with Gasteiger partial charge in [0.05, 0.1) is 6.20 Å². The summed E-state index contributed by atoms with van der Waals surface area (Å²) in [6.07, 6.45) is 1.66. The quantitative estimate of drug-likeness (QED) is 0.489. The lowest BCUT2D eigenvalue weighted by molar-refractivity contribution is 0.0833. The van der Waals surface area contributed by atoms with Crippen LogP contribution in [0.5, 0.6) is 17.2 Å². The van der Waals surface area contributed by atoms with Gasteiger partial charge in [0.2, 0.25) is 0 Å². The summed E-state index contributed by atoms with van der Waals surface area (Å²) in [6.45, 7) is 4.24. The molecule has 0 bridgehead atoms. The van der Waals surface area contributed by atoms with Crippen LogP contribution < -0.4 is 14.8 Å². The number of benzene rings is 2. The van der Waals surface area contributed by atoms with Gasteiger partial charge in [0, 0.05) is 30.4 Å². The summed E-state index contributed by atoms with van der Waals surface area (Å²) in [4.78, 5) is 14.4. The third kappa shape index (κ3) is 5.09. The number of hydrogen-bond acceptors (Lipinski definition) is 5. The Balaban J connectivity index is 1.38. The summed E-state index contributed by atoms with van der Waals surface area (Å²) in [7, 11) is 0. The molecule has 34 heavy (non-hydrogen) atoms. The van der Waals surface area contributed by atoms with Crippen LogP contribution in [0.2, 0.25) is 0 Å². The molecule has 0 saturated heterocycles. The molecule has 7 nitrogen and oxygen atoms in total. The second-order valence-electron chi connectivity index (χ2n) is 8.75. The molecule has 0 atom stereocenters. The van der Waals surface area contributed by atoms with Crippen molar-refractivity contribution >= 4 is 6.09 Å². The van der Waals surface area contributed by atoms with E-state index in [-0.39, 0.29) is 29.0 Å². The first-order valence-electron chi connectivity index (χ1n) is 10.9. The van der Waals surface area contributed by atoms with E-state index in [1.54, 1.807) is 6.07 Å². The van der Waals surface area contributed by atoms with Crippen molar-refractivity contribution in [3.8, 4) is 23.3 Å². The monoisotopic (exact) mass is 461 g/mol. The minimum absolute atomic E-state index is 0.0167. The molecule has 0 radical (unpaired) electrons. The van der Waals surface area contributed by atoms with Crippen molar-refractivity contribution in [2.24, 2.45) is 0 Å². The fourth-order valence-corrected chi connectivity index (χ4v) is 3.90. The van der Waals surface area contributed by atoms with Gasteiger partial charge in [0.15, 0.2) is 11.5 Å². The van der Waals surface area contributed by atoms with Gasteiger partial charge in [-0.2, -0.15) is 5.26 Å². The number of hydrogen-bond donors (Lipinski definition) is 2. The highest BCUT2D eigenvalue weighted by atomic mass is 19.1. The second-order valence-corrected chi connectivity index (χ2v) is 8.75. The van der Waals surface area contributed by atoms with E-state index < -0.39 is 11.9 Å². The van der Waals surface area contributed by atoms with Crippen LogP contribution in [0.3, 0.4) is 0 Å². The van der Waals surface area contributed by atoms with E-state index in [1.807, 2.05) is 48.5 Å². The maximum atomic E-state index is 13.7. The molecule has 2 N–H and O–H groups in total. The molecule has 1 aliphatic carbocycles. The summed E-state index contributed by atoms with van der Waals surface area (Å²) in [6, 6.07) is 18.2. The molecule has 8 heteroatoms. The van der Waals surface area contributed by atoms with E-state index >= 15 is 0 Å². The molecular weight excluding hydrogens is 437 g/mol. The van der Waals surface area contributed by atoms with Crippen molar-refractivity contribution in [3.05, 3.63) is 83.4 Å². The van der Waals surface area contributed by atoms with Crippen LogP contribution in [0.15, 0.2) is 60.8 Å². The average Bonchev–Trinajstić information content (AvgIpc) is 2.78. The standard InChI is InChI=1S/C26H24FN3O4/c1-26(2,16-3-7-19(8-4-16)33-21-11-18(12-21)30-25(31)32)17-5-9-20(10-6-17)34-22-13-23(27)24(14-28)29-15-22/h3-10,13,15,18,21,30H,11-12H2,1-2H3,(H,31,32). The van der Waals surface area contributed by atoms with Crippen LogP contribution in [0.1, 0.15) is 43.5 Å². The van der Waals surface area contributed by atoms with Crippen molar-refractivity contribution < 1.29 is 23.8 Å². The number of pyridine rings is 1. The Hall–Kier alpha value is -4.12. The highest BCUT2D eigenvalue weighted by Gasteiger charge is 2.32. The molecule has 4 rings (SSSR count). The number of nitriles is 1. The fraction of sp³-hybridized carbons (Fsp3) is 0.269. The van der Waals surface area contributed by atoms with E-state index in [0.29, 0.717) is 18.6 Å². The molecule has 1 saturated carbocycles. The number of carbonyl (C=O) groups is 1.